The van der Waals surface area contributed by atoms with Crippen LogP contribution in [0.5, 0.6) is 5.75 Å². The first-order chi connectivity index (χ1) is 12.4. The van der Waals surface area contributed by atoms with Crippen molar-refractivity contribution in [2.45, 2.75) is 40.7 Å². The minimum atomic E-state index is -0.288. The molecule has 26 heavy (non-hydrogen) atoms. The van der Waals surface area contributed by atoms with E-state index in [1.54, 1.807) is 0 Å². The number of nitrogens with zero attached hydrogens (tertiary/aromatic N) is 1. The predicted molar refractivity (Wildman–Crippen MR) is 110 cm³/mol. The number of hydrogen-bond donors (Lipinski definition) is 2. The molecule has 2 amide bonds. The molecule has 2 aromatic rings. The minimum Gasteiger partial charge on any atom is -0.489 e. The maximum absolute atomic E-state index is 12.4. The normalized spacial score (nSPS) is 10.5. The highest BCUT2D eigenvalue weighted by Crippen LogP contribution is 2.26. The quantitative estimate of drug-likeness (QED) is 0.711. The molecule has 0 bridgehead atoms. The van der Waals surface area contributed by atoms with Gasteiger partial charge in [0, 0.05) is 24.5 Å². The molecule has 0 unspecified atom stereocenters. The van der Waals surface area contributed by atoms with Crippen molar-refractivity contribution in [1.82, 2.24) is 0 Å². The SMILES string of the molecule is CCN(CC)c1ccc(NC(=O)Nc2ccccc2OC(C)C)c(C)c1. The van der Waals surface area contributed by atoms with Gasteiger partial charge in [0.05, 0.1) is 11.8 Å². The number of hydrogen-bond acceptors (Lipinski definition) is 3. The molecule has 0 aromatic heterocycles. The van der Waals surface area contributed by atoms with Crippen LogP contribution in [0.25, 0.3) is 0 Å². The van der Waals surface area contributed by atoms with E-state index in [4.69, 9.17) is 4.74 Å². The summed E-state index contributed by atoms with van der Waals surface area (Å²) in [5.74, 6) is 0.659. The van der Waals surface area contributed by atoms with E-state index >= 15 is 0 Å². The number of urea groups is 1. The van der Waals surface area contributed by atoms with E-state index in [2.05, 4.69) is 35.4 Å². The Morgan fingerprint density at radius 1 is 1.04 bits per heavy atom. The van der Waals surface area contributed by atoms with E-state index < -0.39 is 0 Å². The minimum absolute atomic E-state index is 0.0378. The standard InChI is InChI=1S/C21H29N3O2/c1-6-24(7-2)17-12-13-18(16(5)14-17)22-21(25)23-19-10-8-9-11-20(19)26-15(3)4/h8-15H,6-7H2,1-5H3,(H2,22,23,25). The van der Waals surface area contributed by atoms with Crippen LogP contribution < -0.4 is 20.3 Å². The van der Waals surface area contributed by atoms with Gasteiger partial charge in [0.25, 0.3) is 0 Å². The summed E-state index contributed by atoms with van der Waals surface area (Å²) in [6.45, 7) is 12.1. The molecule has 0 spiro atoms. The number of ether oxygens (including phenoxy) is 1. The highest BCUT2D eigenvalue weighted by atomic mass is 16.5. The fourth-order valence-corrected chi connectivity index (χ4v) is 2.78. The third kappa shape index (κ3) is 5.15. The van der Waals surface area contributed by atoms with Crippen LogP contribution in [0.1, 0.15) is 33.3 Å². The number of aryl methyl sites for hydroxylation is 1. The topological polar surface area (TPSA) is 53.6 Å². The van der Waals surface area contributed by atoms with Gasteiger partial charge in [-0.3, -0.25) is 0 Å². The van der Waals surface area contributed by atoms with E-state index in [-0.39, 0.29) is 12.1 Å². The highest BCUT2D eigenvalue weighted by Gasteiger charge is 2.11. The third-order valence-electron chi connectivity index (χ3n) is 4.08. The van der Waals surface area contributed by atoms with Crippen LogP contribution in [-0.2, 0) is 0 Å². The summed E-state index contributed by atoms with van der Waals surface area (Å²) < 4.78 is 5.74. The van der Waals surface area contributed by atoms with E-state index in [1.807, 2.05) is 57.2 Å². The molecule has 2 aromatic carbocycles. The molecule has 140 valence electrons. The number of rotatable bonds is 7. The smallest absolute Gasteiger partial charge is 0.323 e. The van der Waals surface area contributed by atoms with Gasteiger partial charge in [-0.15, -0.1) is 0 Å². The average molecular weight is 355 g/mol. The van der Waals surface area contributed by atoms with Crippen molar-refractivity contribution in [1.29, 1.82) is 0 Å². The van der Waals surface area contributed by atoms with Gasteiger partial charge < -0.3 is 20.3 Å². The number of benzene rings is 2. The maximum atomic E-state index is 12.4. The number of anilines is 3. The van der Waals surface area contributed by atoms with Crippen molar-refractivity contribution < 1.29 is 9.53 Å². The van der Waals surface area contributed by atoms with Gasteiger partial charge in [0.1, 0.15) is 5.75 Å². The maximum Gasteiger partial charge on any atom is 0.323 e. The zero-order valence-electron chi connectivity index (χ0n) is 16.3. The highest BCUT2D eigenvalue weighted by molar-refractivity contribution is 6.01. The molecule has 0 fully saturated rings. The van der Waals surface area contributed by atoms with Crippen molar-refractivity contribution in [2.24, 2.45) is 0 Å². The Morgan fingerprint density at radius 3 is 2.31 bits per heavy atom. The lowest BCUT2D eigenvalue weighted by molar-refractivity contribution is 0.243. The zero-order valence-corrected chi connectivity index (χ0v) is 16.3. The largest absolute Gasteiger partial charge is 0.489 e. The summed E-state index contributed by atoms with van der Waals surface area (Å²) in [6, 6.07) is 13.2. The monoisotopic (exact) mass is 355 g/mol. The molecule has 0 saturated heterocycles. The van der Waals surface area contributed by atoms with Crippen LogP contribution in [0.15, 0.2) is 42.5 Å². The van der Waals surface area contributed by atoms with Crippen LogP contribution >= 0.6 is 0 Å². The molecule has 0 aliphatic heterocycles. The van der Waals surface area contributed by atoms with Gasteiger partial charge in [0.15, 0.2) is 0 Å². The van der Waals surface area contributed by atoms with Crippen LogP contribution in [-0.4, -0.2) is 25.2 Å². The van der Waals surface area contributed by atoms with Gasteiger partial charge in [0.2, 0.25) is 0 Å². The number of carbonyl (C=O) groups excluding carboxylic acids is 1. The first-order valence-electron chi connectivity index (χ1n) is 9.13. The summed E-state index contributed by atoms with van der Waals surface area (Å²) >= 11 is 0. The second-order valence-electron chi connectivity index (χ2n) is 6.41. The average Bonchev–Trinajstić information content (AvgIpc) is 2.59. The van der Waals surface area contributed by atoms with Crippen LogP contribution in [0.3, 0.4) is 0 Å². The molecule has 0 atom stereocenters. The van der Waals surface area contributed by atoms with Gasteiger partial charge in [-0.05, 0) is 70.5 Å². The molecule has 0 aliphatic carbocycles. The third-order valence-corrected chi connectivity index (χ3v) is 4.08. The molecule has 0 radical (unpaired) electrons. The fourth-order valence-electron chi connectivity index (χ4n) is 2.78. The molecule has 0 aliphatic rings. The lowest BCUT2D eigenvalue weighted by Crippen LogP contribution is -2.23. The van der Waals surface area contributed by atoms with E-state index in [9.17, 15) is 4.79 Å². The molecule has 0 saturated carbocycles. The fraction of sp³-hybridized carbons (Fsp3) is 0.381. The number of carbonyl (C=O) groups is 1. The van der Waals surface area contributed by atoms with Crippen molar-refractivity contribution in [2.75, 3.05) is 28.6 Å². The summed E-state index contributed by atoms with van der Waals surface area (Å²) in [4.78, 5) is 14.7. The van der Waals surface area contributed by atoms with Gasteiger partial charge >= 0.3 is 6.03 Å². The van der Waals surface area contributed by atoms with Gasteiger partial charge in [-0.25, -0.2) is 4.79 Å². The second-order valence-corrected chi connectivity index (χ2v) is 6.41. The first-order valence-corrected chi connectivity index (χ1v) is 9.13. The molecular formula is C21H29N3O2. The Labute approximate surface area is 156 Å². The predicted octanol–water partition coefficient (Wildman–Crippen LogP) is 5.27. The molecule has 5 heteroatoms. The van der Waals surface area contributed by atoms with Crippen LogP contribution in [0, 0.1) is 6.92 Å². The Balaban J connectivity index is 2.09. The van der Waals surface area contributed by atoms with E-state index in [0.717, 1.165) is 30.0 Å². The molecule has 0 heterocycles. The summed E-state index contributed by atoms with van der Waals surface area (Å²) in [6.07, 6.45) is 0.0378. The Morgan fingerprint density at radius 2 is 1.69 bits per heavy atom. The summed E-state index contributed by atoms with van der Waals surface area (Å²) in [5.41, 5.74) is 3.63. The molecule has 2 rings (SSSR count). The van der Waals surface area contributed by atoms with Crippen molar-refractivity contribution in [3.63, 3.8) is 0 Å². The first kappa shape index (κ1) is 19.6. The second kappa shape index (κ2) is 9.13. The lowest BCUT2D eigenvalue weighted by Gasteiger charge is -2.22. The van der Waals surface area contributed by atoms with Crippen molar-refractivity contribution >= 4 is 23.1 Å². The molecule has 2 N–H and O–H groups in total. The van der Waals surface area contributed by atoms with Gasteiger partial charge in [-0.1, -0.05) is 12.1 Å². The number of para-hydroxylation sites is 2. The Kier molecular flexibility index (Phi) is 6.89. The Bertz CT molecular complexity index is 740. The van der Waals surface area contributed by atoms with E-state index in [0.29, 0.717) is 11.4 Å². The van der Waals surface area contributed by atoms with Gasteiger partial charge in [-0.2, -0.15) is 0 Å². The van der Waals surface area contributed by atoms with Crippen LogP contribution in [0.4, 0.5) is 21.9 Å². The van der Waals surface area contributed by atoms with E-state index in [1.165, 1.54) is 0 Å². The molecular weight excluding hydrogens is 326 g/mol. The number of amides is 2. The summed E-state index contributed by atoms with van der Waals surface area (Å²) in [5, 5.41) is 5.78. The Hall–Kier alpha value is -2.69. The lowest BCUT2D eigenvalue weighted by atomic mass is 10.1. The molecule has 5 nitrogen and oxygen atoms in total. The zero-order chi connectivity index (χ0) is 19.1. The number of nitrogens with one attached hydrogen (secondary N) is 2. The van der Waals surface area contributed by atoms with Crippen molar-refractivity contribution in [3.8, 4) is 5.75 Å². The van der Waals surface area contributed by atoms with Crippen molar-refractivity contribution in [3.05, 3.63) is 48.0 Å². The van der Waals surface area contributed by atoms with Crippen LogP contribution in [0.2, 0.25) is 0 Å². The summed E-state index contributed by atoms with van der Waals surface area (Å²) in [7, 11) is 0.